The minimum absolute atomic E-state index is 0.0524. The fraction of sp³-hybridized carbons (Fsp3) is 0.280. The number of halogens is 1. The topological polar surface area (TPSA) is 124 Å². The van der Waals surface area contributed by atoms with E-state index in [1.54, 1.807) is 25.4 Å². The molecular weight excluding hydrogens is 515 g/mol. The quantitative estimate of drug-likeness (QED) is 0.494. The summed E-state index contributed by atoms with van der Waals surface area (Å²) in [6.07, 6.45) is 6.76. The van der Waals surface area contributed by atoms with Gasteiger partial charge in [0.2, 0.25) is 5.78 Å². The molecule has 9 nitrogen and oxygen atoms in total. The number of hydrogen-bond acceptors (Lipinski definition) is 8. The third-order valence-electron chi connectivity index (χ3n) is 6.73. The summed E-state index contributed by atoms with van der Waals surface area (Å²) in [5.41, 5.74) is 7.28. The Morgan fingerprint density at radius 3 is 2.65 bits per heavy atom. The predicted octanol–water partition coefficient (Wildman–Crippen LogP) is 3.53. The first-order valence-electron chi connectivity index (χ1n) is 11.6. The van der Waals surface area contributed by atoms with Gasteiger partial charge in [0.15, 0.2) is 10.0 Å². The molecule has 0 spiro atoms. The minimum Gasteiger partial charge on any atom is -0.404 e. The summed E-state index contributed by atoms with van der Waals surface area (Å²) in [6, 6.07) is 7.20. The number of Topliss-reactive ketones (excluding diaryl/α,β-unsaturated/α-hetero) is 1. The lowest BCUT2D eigenvalue weighted by atomic mass is 9.65. The Hall–Kier alpha value is -3.48. The Bertz CT molecular complexity index is 1570. The summed E-state index contributed by atoms with van der Waals surface area (Å²) in [5.74, 6) is -0.618. The summed E-state index contributed by atoms with van der Waals surface area (Å²) in [6.45, 7) is 1.99. The number of carbonyl (C=O) groups excluding carboxylic acids is 1. The van der Waals surface area contributed by atoms with Gasteiger partial charge in [-0.2, -0.15) is 9.40 Å². The van der Waals surface area contributed by atoms with Crippen LogP contribution in [0, 0.1) is 18.2 Å². The van der Waals surface area contributed by atoms with E-state index >= 15 is 0 Å². The van der Waals surface area contributed by atoms with E-state index in [4.69, 9.17) is 5.73 Å². The lowest BCUT2D eigenvalue weighted by Crippen LogP contribution is -2.53. The molecule has 1 aromatic carbocycles. The zero-order valence-electron chi connectivity index (χ0n) is 20.3. The Kier molecular flexibility index (Phi) is 6.42. The van der Waals surface area contributed by atoms with E-state index in [1.807, 2.05) is 13.0 Å². The molecular formula is C25H25FN6O3S2. The number of ketones is 1. The number of sulfonamides is 1. The molecule has 0 amide bonds. The van der Waals surface area contributed by atoms with Crippen LogP contribution in [0.3, 0.4) is 0 Å². The van der Waals surface area contributed by atoms with Gasteiger partial charge in [-0.15, -0.1) is 11.3 Å². The van der Waals surface area contributed by atoms with Crippen molar-refractivity contribution in [3.63, 3.8) is 0 Å². The van der Waals surface area contributed by atoms with Crippen LogP contribution in [0.25, 0.3) is 0 Å². The third kappa shape index (κ3) is 4.45. The molecule has 5 rings (SSSR count). The van der Waals surface area contributed by atoms with Gasteiger partial charge in [-0.3, -0.25) is 9.48 Å². The first-order chi connectivity index (χ1) is 17.6. The molecule has 1 saturated heterocycles. The first-order valence-corrected chi connectivity index (χ1v) is 13.8. The molecule has 0 radical (unpaired) electrons. The van der Waals surface area contributed by atoms with Crippen molar-refractivity contribution in [2.75, 3.05) is 13.1 Å². The molecule has 1 aliphatic heterocycles. The van der Waals surface area contributed by atoms with E-state index in [-0.39, 0.29) is 36.1 Å². The third-order valence-corrected chi connectivity index (χ3v) is 9.56. The van der Waals surface area contributed by atoms with Crippen LogP contribution in [0.5, 0.6) is 0 Å². The summed E-state index contributed by atoms with van der Waals surface area (Å²) in [4.78, 5) is 23.9. The van der Waals surface area contributed by atoms with Gasteiger partial charge in [0.25, 0.3) is 10.0 Å². The minimum atomic E-state index is -3.92. The maximum Gasteiger partial charge on any atom is 0.260 e. The number of carbonyl (C=O) groups is 1. The summed E-state index contributed by atoms with van der Waals surface area (Å²) in [5, 5.41) is 4.37. The molecule has 0 saturated carbocycles. The van der Waals surface area contributed by atoms with Gasteiger partial charge in [0.1, 0.15) is 5.82 Å². The van der Waals surface area contributed by atoms with Gasteiger partial charge >= 0.3 is 0 Å². The smallest absolute Gasteiger partial charge is 0.260 e. The van der Waals surface area contributed by atoms with Crippen LogP contribution in [0.2, 0.25) is 0 Å². The Morgan fingerprint density at radius 2 is 2.03 bits per heavy atom. The summed E-state index contributed by atoms with van der Waals surface area (Å²) >= 11 is 1.28. The van der Waals surface area contributed by atoms with E-state index in [0.29, 0.717) is 28.4 Å². The van der Waals surface area contributed by atoms with Crippen LogP contribution < -0.4 is 5.73 Å². The normalized spacial score (nSPS) is 22.7. The number of fused-ring (bicyclic) bond motifs is 1. The van der Waals surface area contributed by atoms with E-state index < -0.39 is 15.4 Å². The Morgan fingerprint density at radius 1 is 1.27 bits per heavy atom. The monoisotopic (exact) mass is 540 g/mol. The van der Waals surface area contributed by atoms with Crippen molar-refractivity contribution < 1.29 is 17.6 Å². The number of thiazole rings is 1. The number of nitrogens with zero attached hydrogens (tertiary/aromatic N) is 5. The number of hydrogen-bond donors (Lipinski definition) is 1. The lowest BCUT2D eigenvalue weighted by Gasteiger charge is -2.45. The molecule has 1 fully saturated rings. The number of aryl methyl sites for hydroxylation is 2. The van der Waals surface area contributed by atoms with Gasteiger partial charge in [0, 0.05) is 31.2 Å². The largest absolute Gasteiger partial charge is 0.404 e. The molecule has 1 atom stereocenters. The fourth-order valence-electron chi connectivity index (χ4n) is 4.84. The Balaban J connectivity index is 1.62. The zero-order valence-corrected chi connectivity index (χ0v) is 21.9. The van der Waals surface area contributed by atoms with Crippen molar-refractivity contribution in [3.05, 3.63) is 81.8 Å². The average molecular weight is 541 g/mol. The van der Waals surface area contributed by atoms with Gasteiger partial charge < -0.3 is 5.73 Å². The van der Waals surface area contributed by atoms with Crippen LogP contribution >= 0.6 is 11.3 Å². The number of aromatic nitrogens is 3. The summed E-state index contributed by atoms with van der Waals surface area (Å²) in [7, 11) is -2.35. The highest BCUT2D eigenvalue weighted by molar-refractivity contribution is 7.89. The Labute approximate surface area is 217 Å². The van der Waals surface area contributed by atoms with Crippen molar-refractivity contribution >= 4 is 38.5 Å². The molecule has 3 aromatic rings. The summed E-state index contributed by atoms with van der Waals surface area (Å²) < 4.78 is 43.2. The standard InChI is InChI=1S/C25H25FN6O3S2/c1-16-14-28-24(36-16)23(33)25-12-17(13-27)21(30-20-5-3-19(26)4-6-20)11-18(25)8-10-32(15-25)37(34,35)22-7-9-29-31(22)2/h3-7,9,11,13-14H,8,10,12,15,27H2,1-2H3/b17-13-,30-21?/t25-/m0/s1. The van der Waals surface area contributed by atoms with Gasteiger partial charge in [-0.05, 0) is 67.9 Å². The lowest BCUT2D eigenvalue weighted by molar-refractivity contribution is 0.0775. The second kappa shape index (κ2) is 9.43. The molecule has 2 aliphatic rings. The van der Waals surface area contributed by atoms with Crippen LogP contribution in [0.1, 0.15) is 27.5 Å². The molecule has 2 N–H and O–H groups in total. The van der Waals surface area contributed by atoms with E-state index in [0.717, 1.165) is 10.5 Å². The number of benzene rings is 1. The maximum atomic E-state index is 14.1. The SMILES string of the molecule is Cc1cnc(C(=O)[C@]23C/C(=C/N)C(=Nc4ccc(F)cc4)C=C2CCN(S(=O)(=O)c2ccnn2C)C3)s1. The number of rotatable bonds is 5. The maximum absolute atomic E-state index is 14.1. The number of aliphatic imine (C=N–C) groups is 1. The molecule has 37 heavy (non-hydrogen) atoms. The molecule has 12 heteroatoms. The van der Waals surface area contributed by atoms with Crippen LogP contribution in [-0.4, -0.2) is 52.1 Å². The van der Waals surface area contributed by atoms with Crippen molar-refractivity contribution in [2.24, 2.45) is 23.2 Å². The van der Waals surface area contributed by atoms with Crippen LogP contribution in [0.15, 0.2) is 76.2 Å². The number of allylic oxidation sites excluding steroid dienone is 2. The molecule has 0 unspecified atom stereocenters. The zero-order chi connectivity index (χ0) is 26.4. The molecule has 192 valence electrons. The van der Waals surface area contributed by atoms with Gasteiger partial charge in [-0.1, -0.05) is 5.57 Å². The fourth-order valence-corrected chi connectivity index (χ4v) is 7.24. The highest BCUT2D eigenvalue weighted by atomic mass is 32.2. The second-order valence-corrected chi connectivity index (χ2v) is 12.2. The molecule has 0 bridgehead atoms. The van der Waals surface area contributed by atoms with Crippen molar-refractivity contribution in [1.82, 2.24) is 19.1 Å². The van der Waals surface area contributed by atoms with Crippen molar-refractivity contribution in [2.45, 2.75) is 24.8 Å². The number of piperidine rings is 1. The molecule has 1 aliphatic carbocycles. The highest BCUT2D eigenvalue weighted by Crippen LogP contribution is 2.48. The van der Waals surface area contributed by atoms with Crippen LogP contribution in [-0.2, 0) is 17.1 Å². The molecule has 3 heterocycles. The van der Waals surface area contributed by atoms with E-state index in [2.05, 4.69) is 15.1 Å². The second-order valence-electron chi connectivity index (χ2n) is 9.08. The van der Waals surface area contributed by atoms with Gasteiger partial charge in [-0.25, -0.2) is 22.8 Å². The van der Waals surface area contributed by atoms with Crippen molar-refractivity contribution in [1.29, 1.82) is 0 Å². The van der Waals surface area contributed by atoms with Crippen LogP contribution in [0.4, 0.5) is 10.1 Å². The van der Waals surface area contributed by atoms with E-state index in [9.17, 15) is 17.6 Å². The average Bonchev–Trinajstić information content (AvgIpc) is 3.52. The number of nitrogens with two attached hydrogens (primary N) is 1. The highest BCUT2D eigenvalue weighted by Gasteiger charge is 2.52. The van der Waals surface area contributed by atoms with Gasteiger partial charge in [0.05, 0.1) is 23.0 Å². The first kappa shape index (κ1) is 25.2. The van der Waals surface area contributed by atoms with Crippen molar-refractivity contribution in [3.8, 4) is 0 Å². The molecule has 2 aromatic heterocycles. The van der Waals surface area contributed by atoms with E-state index in [1.165, 1.54) is 50.9 Å². The predicted molar refractivity (Wildman–Crippen MR) is 139 cm³/mol.